The molecule has 0 aliphatic heterocycles. The molecule has 3 heteroatoms. The molecular weight excluding hydrogens is 224 g/mol. The maximum absolute atomic E-state index is 5.18. The van der Waals surface area contributed by atoms with Crippen LogP contribution in [-0.2, 0) is 0 Å². The van der Waals surface area contributed by atoms with E-state index in [0.29, 0.717) is 0 Å². The van der Waals surface area contributed by atoms with Gasteiger partial charge in [-0.2, -0.15) is 0 Å². The van der Waals surface area contributed by atoms with Gasteiger partial charge in [0, 0.05) is 24.4 Å². The van der Waals surface area contributed by atoms with Gasteiger partial charge in [0.2, 0.25) is 0 Å². The summed E-state index contributed by atoms with van der Waals surface area (Å²) in [4.78, 5) is 4.45. The molecule has 94 valence electrons. The predicted octanol–water partition coefficient (Wildman–Crippen LogP) is 2.44. The molecule has 0 aliphatic rings. The van der Waals surface area contributed by atoms with Gasteiger partial charge in [0.1, 0.15) is 5.75 Å². The molecule has 1 aromatic heterocycles. The van der Waals surface area contributed by atoms with E-state index in [1.807, 2.05) is 37.5 Å². The second-order valence-electron chi connectivity index (χ2n) is 4.14. The van der Waals surface area contributed by atoms with Gasteiger partial charge < -0.3 is 10.1 Å². The summed E-state index contributed by atoms with van der Waals surface area (Å²) in [5.74, 6) is 1.14. The summed E-state index contributed by atoms with van der Waals surface area (Å²) >= 11 is 0. The van der Waals surface area contributed by atoms with Crippen molar-refractivity contribution in [2.75, 3.05) is 20.7 Å². The fraction of sp³-hybridized carbons (Fsp3) is 0.267. The number of nitrogens with zero attached hydrogens (tertiary/aromatic N) is 1. The minimum atomic E-state index is 0.266. The lowest BCUT2D eigenvalue weighted by Crippen LogP contribution is -2.19. The highest BCUT2D eigenvalue weighted by atomic mass is 16.5. The molecule has 1 aromatic carbocycles. The van der Waals surface area contributed by atoms with Crippen molar-refractivity contribution in [3.05, 3.63) is 59.9 Å². The van der Waals surface area contributed by atoms with E-state index in [1.54, 1.807) is 7.11 Å². The molecule has 2 rings (SSSR count). The Labute approximate surface area is 108 Å². The average molecular weight is 242 g/mol. The van der Waals surface area contributed by atoms with E-state index in [2.05, 4.69) is 28.5 Å². The number of hydrogen-bond donors (Lipinski definition) is 1. The molecule has 0 saturated carbocycles. The van der Waals surface area contributed by atoms with Gasteiger partial charge in [-0.1, -0.05) is 18.2 Å². The molecular formula is C15H18N2O. The third kappa shape index (κ3) is 2.87. The number of methoxy groups -OCH3 is 1. The largest absolute Gasteiger partial charge is 0.497 e. The summed E-state index contributed by atoms with van der Waals surface area (Å²) in [7, 11) is 3.64. The number of benzene rings is 1. The standard InChI is InChI=1S/C15H18N2O/c1-16-11-14(15-5-3-4-10-17-15)12-6-8-13(18-2)9-7-12/h3-10,14,16H,11H2,1-2H3. The first-order valence-corrected chi connectivity index (χ1v) is 6.04. The zero-order valence-electron chi connectivity index (χ0n) is 10.8. The van der Waals surface area contributed by atoms with Crippen LogP contribution in [0.2, 0.25) is 0 Å². The van der Waals surface area contributed by atoms with Crippen LogP contribution in [0.1, 0.15) is 17.2 Å². The third-order valence-electron chi connectivity index (χ3n) is 2.97. The number of aromatic nitrogens is 1. The van der Waals surface area contributed by atoms with Crippen molar-refractivity contribution in [3.63, 3.8) is 0 Å². The smallest absolute Gasteiger partial charge is 0.118 e. The fourth-order valence-electron chi connectivity index (χ4n) is 2.02. The summed E-state index contributed by atoms with van der Waals surface area (Å²) < 4.78 is 5.18. The summed E-state index contributed by atoms with van der Waals surface area (Å²) in [6.07, 6.45) is 1.83. The highest BCUT2D eigenvalue weighted by Gasteiger charge is 2.14. The van der Waals surface area contributed by atoms with E-state index in [0.717, 1.165) is 18.0 Å². The van der Waals surface area contributed by atoms with Gasteiger partial charge in [0.05, 0.1) is 7.11 Å². The molecule has 0 spiro atoms. The Kier molecular flexibility index (Phi) is 4.31. The van der Waals surface area contributed by atoms with Crippen LogP contribution in [0, 0.1) is 0 Å². The molecule has 1 atom stereocenters. The number of rotatable bonds is 5. The molecule has 0 saturated heterocycles. The van der Waals surface area contributed by atoms with Gasteiger partial charge in [0.15, 0.2) is 0 Å². The van der Waals surface area contributed by atoms with Crippen LogP contribution in [0.15, 0.2) is 48.7 Å². The number of nitrogens with one attached hydrogen (secondary N) is 1. The van der Waals surface area contributed by atoms with Gasteiger partial charge in [-0.05, 0) is 36.9 Å². The maximum Gasteiger partial charge on any atom is 0.118 e. The Balaban J connectivity index is 2.29. The molecule has 2 aromatic rings. The lowest BCUT2D eigenvalue weighted by molar-refractivity contribution is 0.414. The first-order valence-electron chi connectivity index (χ1n) is 6.04. The topological polar surface area (TPSA) is 34.1 Å². The first kappa shape index (κ1) is 12.6. The summed E-state index contributed by atoms with van der Waals surface area (Å²) in [5, 5.41) is 3.22. The number of ether oxygens (including phenoxy) is 1. The van der Waals surface area contributed by atoms with Crippen molar-refractivity contribution in [3.8, 4) is 5.75 Å². The molecule has 1 N–H and O–H groups in total. The molecule has 1 unspecified atom stereocenters. The Hall–Kier alpha value is -1.87. The molecule has 0 bridgehead atoms. The van der Waals surface area contributed by atoms with Crippen molar-refractivity contribution in [2.45, 2.75) is 5.92 Å². The monoisotopic (exact) mass is 242 g/mol. The minimum absolute atomic E-state index is 0.266. The predicted molar refractivity (Wildman–Crippen MR) is 73.0 cm³/mol. The number of likely N-dealkylation sites (N-methyl/N-ethyl adjacent to an activating group) is 1. The Morgan fingerprint density at radius 2 is 1.94 bits per heavy atom. The van der Waals surface area contributed by atoms with Crippen LogP contribution in [0.25, 0.3) is 0 Å². The van der Waals surface area contributed by atoms with Crippen molar-refractivity contribution < 1.29 is 4.74 Å². The molecule has 0 radical (unpaired) electrons. The Morgan fingerprint density at radius 1 is 1.17 bits per heavy atom. The second-order valence-corrected chi connectivity index (χ2v) is 4.14. The molecule has 1 heterocycles. The van der Waals surface area contributed by atoms with E-state index in [9.17, 15) is 0 Å². The van der Waals surface area contributed by atoms with Crippen LogP contribution < -0.4 is 10.1 Å². The zero-order chi connectivity index (χ0) is 12.8. The van der Waals surface area contributed by atoms with Crippen molar-refractivity contribution in [1.82, 2.24) is 10.3 Å². The minimum Gasteiger partial charge on any atom is -0.497 e. The highest BCUT2D eigenvalue weighted by molar-refractivity contribution is 5.34. The lowest BCUT2D eigenvalue weighted by Gasteiger charge is -2.16. The van der Waals surface area contributed by atoms with Crippen LogP contribution in [0.4, 0.5) is 0 Å². The third-order valence-corrected chi connectivity index (χ3v) is 2.97. The fourth-order valence-corrected chi connectivity index (χ4v) is 2.02. The lowest BCUT2D eigenvalue weighted by atomic mass is 9.95. The molecule has 18 heavy (non-hydrogen) atoms. The van der Waals surface area contributed by atoms with E-state index >= 15 is 0 Å². The Bertz CT molecular complexity index is 468. The van der Waals surface area contributed by atoms with E-state index in [4.69, 9.17) is 4.74 Å². The normalized spacial score (nSPS) is 12.1. The average Bonchev–Trinajstić information content (AvgIpc) is 2.46. The van der Waals surface area contributed by atoms with Crippen LogP contribution >= 0.6 is 0 Å². The molecule has 0 aliphatic carbocycles. The van der Waals surface area contributed by atoms with Crippen LogP contribution in [-0.4, -0.2) is 25.7 Å². The van der Waals surface area contributed by atoms with Crippen molar-refractivity contribution >= 4 is 0 Å². The molecule has 3 nitrogen and oxygen atoms in total. The summed E-state index contributed by atoms with van der Waals surface area (Å²) in [5.41, 5.74) is 2.32. The van der Waals surface area contributed by atoms with E-state index in [1.165, 1.54) is 5.56 Å². The van der Waals surface area contributed by atoms with Gasteiger partial charge in [0.25, 0.3) is 0 Å². The van der Waals surface area contributed by atoms with Gasteiger partial charge in [-0.25, -0.2) is 0 Å². The van der Waals surface area contributed by atoms with Crippen LogP contribution in [0.5, 0.6) is 5.75 Å². The van der Waals surface area contributed by atoms with Crippen molar-refractivity contribution in [1.29, 1.82) is 0 Å². The van der Waals surface area contributed by atoms with E-state index in [-0.39, 0.29) is 5.92 Å². The van der Waals surface area contributed by atoms with Crippen molar-refractivity contribution in [2.24, 2.45) is 0 Å². The first-order chi connectivity index (χ1) is 8.85. The van der Waals surface area contributed by atoms with Gasteiger partial charge in [-0.15, -0.1) is 0 Å². The summed E-state index contributed by atoms with van der Waals surface area (Å²) in [6, 6.07) is 14.2. The van der Waals surface area contributed by atoms with E-state index < -0.39 is 0 Å². The maximum atomic E-state index is 5.18. The highest BCUT2D eigenvalue weighted by Crippen LogP contribution is 2.24. The summed E-state index contributed by atoms with van der Waals surface area (Å²) in [6.45, 7) is 0.864. The molecule has 0 fully saturated rings. The molecule has 0 amide bonds. The zero-order valence-corrected chi connectivity index (χ0v) is 10.8. The van der Waals surface area contributed by atoms with Gasteiger partial charge >= 0.3 is 0 Å². The van der Waals surface area contributed by atoms with Crippen LogP contribution in [0.3, 0.4) is 0 Å². The quantitative estimate of drug-likeness (QED) is 0.874. The SMILES string of the molecule is CNCC(c1ccc(OC)cc1)c1ccccn1. The number of hydrogen-bond acceptors (Lipinski definition) is 3. The Morgan fingerprint density at radius 3 is 2.50 bits per heavy atom. The second kappa shape index (κ2) is 6.17. The number of pyridine rings is 1. The van der Waals surface area contributed by atoms with Gasteiger partial charge in [-0.3, -0.25) is 4.98 Å².